The maximum Gasteiger partial charge on any atom is 0.241 e. The van der Waals surface area contributed by atoms with E-state index < -0.39 is 10.0 Å². The molecule has 6 nitrogen and oxygen atoms in total. The van der Waals surface area contributed by atoms with Crippen LogP contribution in [-0.4, -0.2) is 49.8 Å². The van der Waals surface area contributed by atoms with Gasteiger partial charge in [0.1, 0.15) is 4.90 Å². The molecule has 0 amide bonds. The lowest BCUT2D eigenvalue weighted by Crippen LogP contribution is -3.05. The van der Waals surface area contributed by atoms with E-state index in [0.717, 1.165) is 13.0 Å². The highest BCUT2D eigenvalue weighted by molar-refractivity contribution is 9.10. The first kappa shape index (κ1) is 18.2. The smallest absolute Gasteiger partial charge is 0.241 e. The van der Waals surface area contributed by atoms with Gasteiger partial charge in [-0.1, -0.05) is 0 Å². The van der Waals surface area contributed by atoms with E-state index in [0.29, 0.717) is 22.5 Å². The van der Waals surface area contributed by atoms with Crippen LogP contribution in [0.15, 0.2) is 21.5 Å². The molecule has 0 heterocycles. The zero-order valence-electron chi connectivity index (χ0n) is 12.7. The molecule has 0 saturated heterocycles. The molecule has 1 aromatic rings. The van der Waals surface area contributed by atoms with E-state index in [9.17, 15) is 8.42 Å². The Morgan fingerprint density at radius 2 is 1.76 bits per heavy atom. The summed E-state index contributed by atoms with van der Waals surface area (Å²) in [6.45, 7) is 1.30. The second-order valence-electron chi connectivity index (χ2n) is 4.85. The van der Waals surface area contributed by atoms with Crippen LogP contribution in [0.3, 0.4) is 0 Å². The van der Waals surface area contributed by atoms with Crippen molar-refractivity contribution in [3.63, 3.8) is 0 Å². The molecule has 0 atom stereocenters. The predicted octanol–water partition coefficient (Wildman–Crippen LogP) is 0.279. The number of benzene rings is 1. The molecule has 0 radical (unpaired) electrons. The third-order valence-electron chi connectivity index (χ3n) is 2.87. The molecular formula is C13H22BrN2O4S+. The van der Waals surface area contributed by atoms with Crippen LogP contribution in [0.5, 0.6) is 11.5 Å². The number of nitrogens with one attached hydrogen (secondary N) is 2. The minimum atomic E-state index is -3.59. The quantitative estimate of drug-likeness (QED) is 0.634. The molecule has 0 saturated carbocycles. The molecule has 21 heavy (non-hydrogen) atoms. The third-order valence-corrected chi connectivity index (χ3v) is 5.29. The summed E-state index contributed by atoms with van der Waals surface area (Å²) in [5, 5.41) is 0. The van der Waals surface area contributed by atoms with Gasteiger partial charge in [-0.25, -0.2) is 13.1 Å². The van der Waals surface area contributed by atoms with Crippen LogP contribution in [0.25, 0.3) is 0 Å². The van der Waals surface area contributed by atoms with Gasteiger partial charge in [0.05, 0.1) is 34.9 Å². The van der Waals surface area contributed by atoms with Gasteiger partial charge in [-0.15, -0.1) is 0 Å². The van der Waals surface area contributed by atoms with Gasteiger partial charge in [0.25, 0.3) is 0 Å². The lowest BCUT2D eigenvalue weighted by Gasteiger charge is -2.13. The van der Waals surface area contributed by atoms with E-state index in [4.69, 9.17) is 9.47 Å². The van der Waals surface area contributed by atoms with Gasteiger partial charge < -0.3 is 14.4 Å². The second kappa shape index (κ2) is 7.98. The van der Waals surface area contributed by atoms with Gasteiger partial charge in [-0.2, -0.15) is 0 Å². The summed E-state index contributed by atoms with van der Waals surface area (Å²) in [6.07, 6.45) is 0.770. The lowest BCUT2D eigenvalue weighted by atomic mass is 10.3. The van der Waals surface area contributed by atoms with Crippen molar-refractivity contribution in [3.8, 4) is 11.5 Å². The molecule has 2 N–H and O–H groups in total. The zero-order chi connectivity index (χ0) is 16.0. The fourth-order valence-electron chi connectivity index (χ4n) is 1.77. The SMILES string of the molecule is COc1cc(Br)c(S(=O)(=O)NCCC[NH+](C)C)cc1OC. The molecule has 1 aromatic carbocycles. The van der Waals surface area contributed by atoms with E-state index in [-0.39, 0.29) is 4.90 Å². The number of hydrogen-bond donors (Lipinski definition) is 2. The highest BCUT2D eigenvalue weighted by atomic mass is 79.9. The molecule has 8 heteroatoms. The van der Waals surface area contributed by atoms with E-state index >= 15 is 0 Å². The van der Waals surface area contributed by atoms with Crippen molar-refractivity contribution in [1.82, 2.24) is 4.72 Å². The van der Waals surface area contributed by atoms with Gasteiger partial charge >= 0.3 is 0 Å². The molecule has 0 aromatic heterocycles. The molecule has 0 spiro atoms. The van der Waals surface area contributed by atoms with Crippen molar-refractivity contribution in [2.24, 2.45) is 0 Å². The highest BCUT2D eigenvalue weighted by Crippen LogP contribution is 2.35. The van der Waals surface area contributed by atoms with Crippen LogP contribution in [0, 0.1) is 0 Å². The summed E-state index contributed by atoms with van der Waals surface area (Å²) in [7, 11) is 3.43. The van der Waals surface area contributed by atoms with Gasteiger partial charge in [-0.05, 0) is 22.0 Å². The molecule has 0 aliphatic heterocycles. The molecule has 0 aliphatic rings. The van der Waals surface area contributed by atoms with Crippen LogP contribution < -0.4 is 19.1 Å². The summed E-state index contributed by atoms with van der Waals surface area (Å²) in [5.41, 5.74) is 0. The van der Waals surface area contributed by atoms with Crippen LogP contribution in [0.4, 0.5) is 0 Å². The second-order valence-corrected chi connectivity index (χ2v) is 7.44. The van der Waals surface area contributed by atoms with Crippen LogP contribution >= 0.6 is 15.9 Å². The van der Waals surface area contributed by atoms with Crippen LogP contribution in [-0.2, 0) is 10.0 Å². The Morgan fingerprint density at radius 1 is 1.19 bits per heavy atom. The van der Waals surface area contributed by atoms with Crippen molar-refractivity contribution in [2.45, 2.75) is 11.3 Å². The fraction of sp³-hybridized carbons (Fsp3) is 0.538. The van der Waals surface area contributed by atoms with Crippen molar-refractivity contribution < 1.29 is 22.8 Å². The Hall–Kier alpha value is -0.830. The van der Waals surface area contributed by atoms with Crippen molar-refractivity contribution in [3.05, 3.63) is 16.6 Å². The van der Waals surface area contributed by atoms with Crippen molar-refractivity contribution in [1.29, 1.82) is 0 Å². The summed E-state index contributed by atoms with van der Waals surface area (Å²) in [4.78, 5) is 1.42. The Kier molecular flexibility index (Phi) is 6.92. The summed E-state index contributed by atoms with van der Waals surface area (Å²) in [5.74, 6) is 0.846. The largest absolute Gasteiger partial charge is 0.493 e. The number of ether oxygens (including phenoxy) is 2. The average Bonchev–Trinajstić information content (AvgIpc) is 2.42. The maximum absolute atomic E-state index is 12.3. The topological polar surface area (TPSA) is 69.1 Å². The number of quaternary nitrogens is 1. The van der Waals surface area contributed by atoms with Gasteiger partial charge in [-0.3, -0.25) is 0 Å². The Balaban J connectivity index is 2.92. The minimum absolute atomic E-state index is 0.136. The monoisotopic (exact) mass is 381 g/mol. The molecule has 0 aliphatic carbocycles. The number of hydrogen-bond acceptors (Lipinski definition) is 4. The first-order valence-corrected chi connectivity index (χ1v) is 8.79. The molecule has 0 fully saturated rings. The molecule has 0 bridgehead atoms. The fourth-order valence-corrected chi connectivity index (χ4v) is 3.88. The zero-order valence-corrected chi connectivity index (χ0v) is 15.1. The van der Waals surface area contributed by atoms with E-state index in [1.807, 2.05) is 14.1 Å². The number of rotatable bonds is 8. The number of halogens is 1. The Bertz CT molecular complexity index is 576. The van der Waals surface area contributed by atoms with E-state index in [2.05, 4.69) is 20.7 Å². The highest BCUT2D eigenvalue weighted by Gasteiger charge is 2.20. The summed E-state index contributed by atoms with van der Waals surface area (Å²) in [6, 6.07) is 3.03. The lowest BCUT2D eigenvalue weighted by molar-refractivity contribution is -0.858. The Morgan fingerprint density at radius 3 is 2.29 bits per heavy atom. The average molecular weight is 382 g/mol. The normalized spacial score (nSPS) is 11.7. The molecular weight excluding hydrogens is 360 g/mol. The maximum atomic E-state index is 12.3. The van der Waals surface area contributed by atoms with Crippen molar-refractivity contribution in [2.75, 3.05) is 41.4 Å². The predicted molar refractivity (Wildman–Crippen MR) is 84.7 cm³/mol. The van der Waals surface area contributed by atoms with Crippen LogP contribution in [0.1, 0.15) is 6.42 Å². The minimum Gasteiger partial charge on any atom is -0.493 e. The Labute approximate surface area is 134 Å². The molecule has 0 unspecified atom stereocenters. The molecule has 120 valence electrons. The summed E-state index contributed by atoms with van der Waals surface area (Å²) < 4.78 is 38.0. The number of methoxy groups -OCH3 is 2. The summed E-state index contributed by atoms with van der Waals surface area (Å²) >= 11 is 3.26. The van der Waals surface area contributed by atoms with Crippen molar-refractivity contribution >= 4 is 26.0 Å². The van der Waals surface area contributed by atoms with E-state index in [1.165, 1.54) is 25.2 Å². The first-order chi connectivity index (χ1) is 9.81. The third kappa shape index (κ3) is 5.14. The van der Waals surface area contributed by atoms with Gasteiger partial charge in [0, 0.05) is 23.5 Å². The number of sulfonamides is 1. The van der Waals surface area contributed by atoms with E-state index in [1.54, 1.807) is 6.07 Å². The first-order valence-electron chi connectivity index (χ1n) is 6.52. The molecule has 1 rings (SSSR count). The standard InChI is InChI=1S/C13H21BrN2O4S/c1-16(2)7-5-6-15-21(17,18)13-9-12(20-4)11(19-3)8-10(13)14/h8-9,15H,5-7H2,1-4H3/p+1. The van der Waals surface area contributed by atoms with Gasteiger partial charge in [0.15, 0.2) is 11.5 Å². The van der Waals surface area contributed by atoms with Crippen LogP contribution in [0.2, 0.25) is 0 Å². The van der Waals surface area contributed by atoms with Gasteiger partial charge in [0.2, 0.25) is 10.0 Å².